The summed E-state index contributed by atoms with van der Waals surface area (Å²) in [6.07, 6.45) is -3.61. The second kappa shape index (κ2) is 7.36. The first-order valence-electron chi connectivity index (χ1n) is 7.84. The van der Waals surface area contributed by atoms with Gasteiger partial charge in [0.1, 0.15) is 0 Å². The summed E-state index contributed by atoms with van der Waals surface area (Å²) >= 11 is 1.21. The van der Waals surface area contributed by atoms with Gasteiger partial charge < -0.3 is 4.74 Å². The number of amides is 1. The van der Waals surface area contributed by atoms with E-state index in [-0.39, 0.29) is 17.9 Å². The highest BCUT2D eigenvalue weighted by Crippen LogP contribution is 2.33. The summed E-state index contributed by atoms with van der Waals surface area (Å²) in [5.41, 5.74) is -1.44. The quantitative estimate of drug-likeness (QED) is 0.575. The standard InChI is InChI=1S/C18H13F3N2O3S/c1-2-26-17(25)11-5-7-12(8-6-11)23-16(24)14(10-13-4-3-9-27-13)15(22-23)18(19,20)21/h3-10H,2H2,1H3/b14-10+. The molecule has 0 unspecified atom stereocenters. The Morgan fingerprint density at radius 1 is 1.26 bits per heavy atom. The molecule has 0 fully saturated rings. The van der Waals surface area contributed by atoms with E-state index >= 15 is 0 Å². The van der Waals surface area contributed by atoms with Crippen LogP contribution in [0.5, 0.6) is 0 Å². The first-order chi connectivity index (χ1) is 12.8. The van der Waals surface area contributed by atoms with Crippen LogP contribution in [0.4, 0.5) is 18.9 Å². The van der Waals surface area contributed by atoms with Crippen molar-refractivity contribution < 1.29 is 27.5 Å². The van der Waals surface area contributed by atoms with E-state index in [1.807, 2.05) is 0 Å². The normalized spacial score (nSPS) is 16.0. The number of halogens is 3. The number of ether oxygens (including phenoxy) is 1. The van der Waals surface area contributed by atoms with Gasteiger partial charge in [-0.1, -0.05) is 6.07 Å². The Hall–Kier alpha value is -2.94. The average molecular weight is 394 g/mol. The monoisotopic (exact) mass is 394 g/mol. The van der Waals surface area contributed by atoms with Crippen molar-refractivity contribution >= 4 is 40.7 Å². The fourth-order valence-electron chi connectivity index (χ4n) is 2.40. The van der Waals surface area contributed by atoms with E-state index in [2.05, 4.69) is 5.10 Å². The van der Waals surface area contributed by atoms with Crippen LogP contribution in [-0.4, -0.2) is 30.4 Å². The molecule has 0 aliphatic carbocycles. The lowest BCUT2D eigenvalue weighted by atomic mass is 10.1. The van der Waals surface area contributed by atoms with Gasteiger partial charge in [-0.15, -0.1) is 11.3 Å². The van der Waals surface area contributed by atoms with Crippen LogP contribution in [0.15, 0.2) is 52.5 Å². The number of hydrazone groups is 1. The molecular weight excluding hydrogens is 381 g/mol. The van der Waals surface area contributed by atoms with Gasteiger partial charge in [0, 0.05) is 4.88 Å². The van der Waals surface area contributed by atoms with Gasteiger partial charge in [-0.3, -0.25) is 4.79 Å². The second-order valence-corrected chi connectivity index (χ2v) is 6.38. The number of benzene rings is 1. The zero-order valence-corrected chi connectivity index (χ0v) is 14.8. The number of hydrogen-bond donors (Lipinski definition) is 0. The Morgan fingerprint density at radius 3 is 2.52 bits per heavy atom. The number of carbonyl (C=O) groups is 2. The van der Waals surface area contributed by atoms with Crippen molar-refractivity contribution in [2.45, 2.75) is 13.1 Å². The molecule has 1 amide bonds. The molecule has 1 aromatic heterocycles. The number of hydrogen-bond acceptors (Lipinski definition) is 5. The minimum atomic E-state index is -4.78. The predicted octanol–water partition coefficient (Wildman–Crippen LogP) is 4.27. The zero-order valence-electron chi connectivity index (χ0n) is 14.0. The SMILES string of the molecule is CCOC(=O)c1ccc(N2N=C(C(F)(F)F)/C(=C\c3cccs3)C2=O)cc1. The fourth-order valence-corrected chi connectivity index (χ4v) is 3.06. The Labute approximate surface area is 156 Å². The second-order valence-electron chi connectivity index (χ2n) is 5.40. The third kappa shape index (κ3) is 3.92. The third-order valence-electron chi connectivity index (χ3n) is 3.60. The molecule has 5 nitrogen and oxygen atoms in total. The van der Waals surface area contributed by atoms with Crippen molar-refractivity contribution in [1.29, 1.82) is 0 Å². The molecule has 0 saturated heterocycles. The lowest BCUT2D eigenvalue weighted by Crippen LogP contribution is -2.25. The molecule has 0 spiro atoms. The van der Waals surface area contributed by atoms with Crippen molar-refractivity contribution in [3.05, 3.63) is 57.8 Å². The molecule has 27 heavy (non-hydrogen) atoms. The number of rotatable bonds is 4. The van der Waals surface area contributed by atoms with Gasteiger partial charge in [0.15, 0.2) is 5.71 Å². The van der Waals surface area contributed by atoms with E-state index in [1.54, 1.807) is 24.4 Å². The van der Waals surface area contributed by atoms with Crippen LogP contribution >= 0.6 is 11.3 Å². The minimum absolute atomic E-state index is 0.115. The summed E-state index contributed by atoms with van der Waals surface area (Å²) < 4.78 is 44.9. The fraction of sp³-hybridized carbons (Fsp3) is 0.167. The van der Waals surface area contributed by atoms with Crippen molar-refractivity contribution in [1.82, 2.24) is 0 Å². The Bertz CT molecular complexity index is 916. The van der Waals surface area contributed by atoms with E-state index < -0.39 is 29.3 Å². The summed E-state index contributed by atoms with van der Waals surface area (Å²) in [4.78, 5) is 24.7. The molecular formula is C18H13F3N2O3S. The summed E-state index contributed by atoms with van der Waals surface area (Å²) in [6.45, 7) is 1.85. The van der Waals surface area contributed by atoms with E-state index in [4.69, 9.17) is 4.74 Å². The average Bonchev–Trinajstić information content (AvgIpc) is 3.24. The van der Waals surface area contributed by atoms with Gasteiger partial charge in [-0.25, -0.2) is 4.79 Å². The number of thiophene rings is 1. The lowest BCUT2D eigenvalue weighted by molar-refractivity contribution is -0.114. The van der Waals surface area contributed by atoms with E-state index in [1.165, 1.54) is 41.7 Å². The number of esters is 1. The molecule has 1 aromatic carbocycles. The molecule has 0 saturated carbocycles. The number of anilines is 1. The largest absolute Gasteiger partial charge is 0.462 e. The van der Waals surface area contributed by atoms with Crippen LogP contribution in [0.1, 0.15) is 22.2 Å². The number of nitrogens with zero attached hydrogens (tertiary/aromatic N) is 2. The molecule has 0 N–H and O–H groups in total. The highest BCUT2D eigenvalue weighted by atomic mass is 32.1. The molecule has 140 valence electrons. The smallest absolute Gasteiger partial charge is 0.435 e. The van der Waals surface area contributed by atoms with Crippen molar-refractivity contribution in [3.63, 3.8) is 0 Å². The van der Waals surface area contributed by atoms with Crippen LogP contribution in [-0.2, 0) is 9.53 Å². The van der Waals surface area contributed by atoms with Crippen molar-refractivity contribution in [2.24, 2.45) is 5.10 Å². The third-order valence-corrected chi connectivity index (χ3v) is 4.42. The molecule has 0 bridgehead atoms. The summed E-state index contributed by atoms with van der Waals surface area (Å²) in [5.74, 6) is -1.45. The molecule has 2 heterocycles. The van der Waals surface area contributed by atoms with E-state index in [0.29, 0.717) is 9.89 Å². The van der Waals surface area contributed by atoms with Gasteiger partial charge in [0.05, 0.1) is 23.4 Å². The summed E-state index contributed by atoms with van der Waals surface area (Å²) in [6, 6.07) is 8.70. The van der Waals surface area contributed by atoms with Crippen LogP contribution < -0.4 is 5.01 Å². The lowest BCUT2D eigenvalue weighted by Gasteiger charge is -2.12. The van der Waals surface area contributed by atoms with Crippen LogP contribution in [0, 0.1) is 0 Å². The van der Waals surface area contributed by atoms with Crippen molar-refractivity contribution in [3.8, 4) is 0 Å². The van der Waals surface area contributed by atoms with Crippen LogP contribution in [0.3, 0.4) is 0 Å². The molecule has 0 atom stereocenters. The Balaban J connectivity index is 1.95. The van der Waals surface area contributed by atoms with Gasteiger partial charge in [-0.05, 0) is 48.7 Å². The Kier molecular flexibility index (Phi) is 5.13. The van der Waals surface area contributed by atoms with Crippen LogP contribution in [0.2, 0.25) is 0 Å². The maximum Gasteiger partial charge on any atom is 0.435 e. The first-order valence-corrected chi connectivity index (χ1v) is 8.72. The topological polar surface area (TPSA) is 59.0 Å². The maximum absolute atomic E-state index is 13.3. The number of alkyl halides is 3. The predicted molar refractivity (Wildman–Crippen MR) is 95.7 cm³/mol. The molecule has 0 radical (unpaired) electrons. The summed E-state index contributed by atoms with van der Waals surface area (Å²) in [5, 5.41) is 5.85. The summed E-state index contributed by atoms with van der Waals surface area (Å²) in [7, 11) is 0. The first kappa shape index (κ1) is 18.8. The van der Waals surface area contributed by atoms with Gasteiger partial charge in [-0.2, -0.15) is 23.3 Å². The molecule has 1 aliphatic heterocycles. The van der Waals surface area contributed by atoms with Gasteiger partial charge in [0.2, 0.25) is 0 Å². The van der Waals surface area contributed by atoms with E-state index in [0.717, 1.165) is 0 Å². The molecule has 3 rings (SSSR count). The zero-order chi connectivity index (χ0) is 19.6. The molecule has 2 aromatic rings. The highest BCUT2D eigenvalue weighted by Gasteiger charge is 2.46. The van der Waals surface area contributed by atoms with Crippen LogP contribution in [0.25, 0.3) is 6.08 Å². The number of carbonyl (C=O) groups excluding carboxylic acids is 2. The minimum Gasteiger partial charge on any atom is -0.462 e. The maximum atomic E-state index is 13.3. The van der Waals surface area contributed by atoms with Gasteiger partial charge in [0.25, 0.3) is 5.91 Å². The molecule has 1 aliphatic rings. The van der Waals surface area contributed by atoms with E-state index in [9.17, 15) is 22.8 Å². The Morgan fingerprint density at radius 2 is 1.96 bits per heavy atom. The van der Waals surface area contributed by atoms with Crippen molar-refractivity contribution in [2.75, 3.05) is 11.6 Å². The highest BCUT2D eigenvalue weighted by molar-refractivity contribution is 7.10. The molecule has 9 heteroatoms. The van der Waals surface area contributed by atoms with Gasteiger partial charge >= 0.3 is 12.1 Å².